The molecule has 30 heavy (non-hydrogen) atoms. The van der Waals surface area contributed by atoms with Gasteiger partial charge in [-0.05, 0) is 49.6 Å². The Balaban J connectivity index is 1.66. The second kappa shape index (κ2) is 8.80. The minimum atomic E-state index is -0.292. The molecule has 2 aromatic carbocycles. The number of carbonyl (C=O) groups is 1. The molecule has 0 saturated heterocycles. The summed E-state index contributed by atoms with van der Waals surface area (Å²) in [5, 5.41) is 3.04. The van der Waals surface area contributed by atoms with E-state index in [1.807, 2.05) is 62.2 Å². The van der Waals surface area contributed by atoms with E-state index in [1.165, 1.54) is 31.0 Å². The lowest BCUT2D eigenvalue weighted by Gasteiger charge is -2.32. The lowest BCUT2D eigenvalue weighted by atomic mass is 9.94. The minimum absolute atomic E-state index is 0.0453. The first-order valence-electron chi connectivity index (χ1n) is 10.9. The van der Waals surface area contributed by atoms with Gasteiger partial charge in [0.05, 0.1) is 16.2 Å². The van der Waals surface area contributed by atoms with Crippen LogP contribution in [0.4, 0.5) is 0 Å². The maximum Gasteiger partial charge on any atom is 0.262 e. The first-order chi connectivity index (χ1) is 14.5. The molecule has 1 aliphatic carbocycles. The Hall–Kier alpha value is -2.34. The number of thioether (sulfide) groups is 1. The molecule has 1 unspecified atom stereocenters. The van der Waals surface area contributed by atoms with Crippen LogP contribution in [-0.2, 0) is 11.3 Å². The molecule has 1 aliphatic rings. The van der Waals surface area contributed by atoms with Crippen LogP contribution in [0.3, 0.4) is 0 Å². The van der Waals surface area contributed by atoms with E-state index >= 15 is 0 Å². The van der Waals surface area contributed by atoms with Crippen molar-refractivity contribution in [3.05, 3.63) is 46.8 Å². The Morgan fingerprint density at radius 1 is 1.20 bits per heavy atom. The largest absolute Gasteiger partial charge is 0.342 e. The summed E-state index contributed by atoms with van der Waals surface area (Å²) in [7, 11) is 1.92. The molecule has 5 nitrogen and oxygen atoms in total. The highest BCUT2D eigenvalue weighted by molar-refractivity contribution is 8.00. The summed E-state index contributed by atoms with van der Waals surface area (Å²) >= 11 is 1.39. The van der Waals surface area contributed by atoms with Gasteiger partial charge >= 0.3 is 0 Å². The first-order valence-corrected chi connectivity index (χ1v) is 11.7. The molecule has 0 aliphatic heterocycles. The molecule has 1 atom stereocenters. The maximum atomic E-state index is 13.2. The summed E-state index contributed by atoms with van der Waals surface area (Å²) in [6.45, 7) is 4.39. The number of amides is 1. The molecule has 1 saturated carbocycles. The van der Waals surface area contributed by atoms with Gasteiger partial charge in [-0.3, -0.25) is 14.2 Å². The van der Waals surface area contributed by atoms with E-state index in [-0.39, 0.29) is 16.7 Å². The summed E-state index contributed by atoms with van der Waals surface area (Å²) in [6, 6.07) is 12.2. The highest BCUT2D eigenvalue weighted by Gasteiger charge is 2.27. The van der Waals surface area contributed by atoms with Gasteiger partial charge in [-0.25, -0.2) is 4.98 Å². The Morgan fingerprint density at radius 2 is 1.87 bits per heavy atom. The quantitative estimate of drug-likeness (QED) is 0.335. The van der Waals surface area contributed by atoms with Gasteiger partial charge in [-0.2, -0.15) is 0 Å². The van der Waals surface area contributed by atoms with Crippen molar-refractivity contribution in [1.29, 1.82) is 0 Å². The highest BCUT2D eigenvalue weighted by atomic mass is 32.2. The number of benzene rings is 2. The van der Waals surface area contributed by atoms with Crippen molar-refractivity contribution in [3.63, 3.8) is 0 Å². The summed E-state index contributed by atoms with van der Waals surface area (Å²) in [6.07, 6.45) is 5.82. The van der Waals surface area contributed by atoms with Crippen LogP contribution in [0.15, 0.2) is 46.3 Å². The molecule has 3 aromatic rings. The normalized spacial score (nSPS) is 16.1. The first kappa shape index (κ1) is 20.9. The van der Waals surface area contributed by atoms with Gasteiger partial charge < -0.3 is 4.90 Å². The second-order valence-electron chi connectivity index (χ2n) is 8.16. The van der Waals surface area contributed by atoms with Crippen molar-refractivity contribution in [2.75, 3.05) is 7.05 Å². The minimum Gasteiger partial charge on any atom is -0.342 e. The van der Waals surface area contributed by atoms with Gasteiger partial charge in [0.2, 0.25) is 5.91 Å². The summed E-state index contributed by atoms with van der Waals surface area (Å²) in [5.74, 6) is 0.113. The van der Waals surface area contributed by atoms with Crippen LogP contribution in [-0.4, -0.2) is 38.7 Å². The van der Waals surface area contributed by atoms with Crippen LogP contribution in [0.2, 0.25) is 0 Å². The molecule has 0 radical (unpaired) electrons. The Labute approximate surface area is 181 Å². The van der Waals surface area contributed by atoms with Gasteiger partial charge in [0.25, 0.3) is 5.56 Å². The summed E-state index contributed by atoms with van der Waals surface area (Å²) < 4.78 is 1.69. The fraction of sp³-hybridized carbons (Fsp3) is 0.458. The van der Waals surface area contributed by atoms with Gasteiger partial charge in [-0.15, -0.1) is 0 Å². The Bertz CT molecular complexity index is 1130. The van der Waals surface area contributed by atoms with Gasteiger partial charge in [-0.1, -0.05) is 55.3 Å². The van der Waals surface area contributed by atoms with E-state index in [0.717, 1.165) is 23.6 Å². The van der Waals surface area contributed by atoms with E-state index in [0.29, 0.717) is 28.6 Å². The number of hydrogen-bond donors (Lipinski definition) is 0. The van der Waals surface area contributed by atoms with Crippen molar-refractivity contribution in [2.24, 2.45) is 0 Å². The predicted octanol–water partition coefficient (Wildman–Crippen LogP) is 4.84. The molecule has 1 heterocycles. The molecule has 1 amide bonds. The highest BCUT2D eigenvalue weighted by Crippen LogP contribution is 2.28. The molecule has 158 valence electrons. The van der Waals surface area contributed by atoms with E-state index in [2.05, 4.69) is 0 Å². The van der Waals surface area contributed by atoms with Crippen LogP contribution in [0.1, 0.15) is 46.0 Å². The molecular weight excluding hydrogens is 394 g/mol. The third-order valence-electron chi connectivity index (χ3n) is 6.20. The van der Waals surface area contributed by atoms with Gasteiger partial charge in [0.15, 0.2) is 5.16 Å². The van der Waals surface area contributed by atoms with Crippen molar-refractivity contribution >= 4 is 39.3 Å². The lowest BCUT2D eigenvalue weighted by Crippen LogP contribution is -2.42. The van der Waals surface area contributed by atoms with Crippen LogP contribution in [0.25, 0.3) is 21.7 Å². The number of nitrogens with zero attached hydrogens (tertiary/aromatic N) is 3. The van der Waals surface area contributed by atoms with Crippen molar-refractivity contribution < 1.29 is 4.79 Å². The maximum absolute atomic E-state index is 13.2. The smallest absolute Gasteiger partial charge is 0.262 e. The zero-order chi connectivity index (χ0) is 21.3. The SMILES string of the molecule is CCn1c(SC(C)C(=O)N(C)C2CCCCC2)nc2cc3ccccc3cc2c1=O. The van der Waals surface area contributed by atoms with Crippen molar-refractivity contribution in [2.45, 2.75) is 68.9 Å². The zero-order valence-electron chi connectivity index (χ0n) is 17.9. The van der Waals surface area contributed by atoms with E-state index in [9.17, 15) is 9.59 Å². The number of rotatable bonds is 5. The lowest BCUT2D eigenvalue weighted by molar-refractivity contribution is -0.131. The van der Waals surface area contributed by atoms with Gasteiger partial charge in [0.1, 0.15) is 0 Å². The third-order valence-corrected chi connectivity index (χ3v) is 7.28. The monoisotopic (exact) mass is 423 g/mol. The number of aromatic nitrogens is 2. The van der Waals surface area contributed by atoms with E-state index in [1.54, 1.807) is 4.57 Å². The van der Waals surface area contributed by atoms with Crippen LogP contribution in [0, 0.1) is 0 Å². The number of hydrogen-bond acceptors (Lipinski definition) is 4. The number of fused-ring (bicyclic) bond motifs is 2. The molecule has 0 bridgehead atoms. The van der Waals surface area contributed by atoms with Crippen LogP contribution < -0.4 is 5.56 Å². The molecular formula is C24H29N3O2S. The molecule has 4 rings (SSSR count). The standard InChI is InChI=1S/C24H29N3O2S/c1-4-27-23(29)20-14-17-10-8-9-11-18(17)15-21(20)25-24(27)30-16(2)22(28)26(3)19-12-6-5-7-13-19/h8-11,14-16,19H,4-7,12-13H2,1-3H3. The molecule has 0 spiro atoms. The Morgan fingerprint density at radius 3 is 2.53 bits per heavy atom. The van der Waals surface area contributed by atoms with Crippen molar-refractivity contribution in [3.8, 4) is 0 Å². The molecule has 1 fully saturated rings. The zero-order valence-corrected chi connectivity index (χ0v) is 18.7. The van der Waals surface area contributed by atoms with Crippen LogP contribution in [0.5, 0.6) is 0 Å². The van der Waals surface area contributed by atoms with Crippen LogP contribution >= 0.6 is 11.8 Å². The second-order valence-corrected chi connectivity index (χ2v) is 9.47. The van der Waals surface area contributed by atoms with Gasteiger partial charge in [0, 0.05) is 19.6 Å². The molecule has 0 N–H and O–H groups in total. The van der Waals surface area contributed by atoms with E-state index < -0.39 is 0 Å². The summed E-state index contributed by atoms with van der Waals surface area (Å²) in [5.41, 5.74) is 0.641. The third kappa shape index (κ3) is 3.97. The predicted molar refractivity (Wildman–Crippen MR) is 124 cm³/mol. The average molecular weight is 424 g/mol. The summed E-state index contributed by atoms with van der Waals surface area (Å²) in [4.78, 5) is 33.0. The fourth-order valence-electron chi connectivity index (χ4n) is 4.40. The van der Waals surface area contributed by atoms with E-state index in [4.69, 9.17) is 4.98 Å². The van der Waals surface area contributed by atoms with Crippen molar-refractivity contribution in [1.82, 2.24) is 14.5 Å². The number of carbonyl (C=O) groups excluding carboxylic acids is 1. The fourth-order valence-corrected chi connectivity index (χ4v) is 5.47. The molecule has 1 aromatic heterocycles. The Kier molecular flexibility index (Phi) is 6.14. The topological polar surface area (TPSA) is 55.2 Å². The average Bonchev–Trinajstić information content (AvgIpc) is 2.78. The molecule has 6 heteroatoms.